The van der Waals surface area contributed by atoms with Gasteiger partial charge in [-0.2, -0.15) is 0 Å². The quantitative estimate of drug-likeness (QED) is 0.800. The molecule has 0 heterocycles. The van der Waals surface area contributed by atoms with E-state index in [9.17, 15) is 10.2 Å². The van der Waals surface area contributed by atoms with Gasteiger partial charge in [-0.3, -0.25) is 0 Å². The Morgan fingerprint density at radius 2 is 1.89 bits per heavy atom. The van der Waals surface area contributed by atoms with E-state index in [1.165, 1.54) is 0 Å². The molecule has 3 nitrogen and oxygen atoms in total. The molecule has 0 spiro atoms. The summed E-state index contributed by atoms with van der Waals surface area (Å²) < 4.78 is 0. The van der Waals surface area contributed by atoms with Gasteiger partial charge >= 0.3 is 0 Å². The minimum atomic E-state index is -0.542. The Labute approximate surface area is 120 Å². The highest BCUT2D eigenvalue weighted by Crippen LogP contribution is 2.22. The lowest BCUT2D eigenvalue weighted by Crippen LogP contribution is -2.38. The average Bonchev–Trinajstić information content (AvgIpc) is 2.25. The van der Waals surface area contributed by atoms with E-state index in [4.69, 9.17) is 0 Å². The summed E-state index contributed by atoms with van der Waals surface area (Å²) in [5.41, 5.74) is 1.71. The molecule has 0 saturated carbocycles. The van der Waals surface area contributed by atoms with Gasteiger partial charge in [-0.15, -0.1) is 17.0 Å². The molecule has 0 saturated heterocycles. The van der Waals surface area contributed by atoms with Crippen LogP contribution in [0.25, 0.3) is 0 Å². The number of phenolic OH excluding ortho intramolecular Hbond substituents is 1. The Morgan fingerprint density at radius 3 is 2.39 bits per heavy atom. The third-order valence-electron chi connectivity index (χ3n) is 2.69. The van der Waals surface area contributed by atoms with E-state index in [0.29, 0.717) is 12.3 Å². The number of phenols is 1. The predicted molar refractivity (Wildman–Crippen MR) is 80.5 cm³/mol. The SMILES string of the molecule is Br.CCc1cc(C(O)CNC(C)(C)C)ccc1O. The summed E-state index contributed by atoms with van der Waals surface area (Å²) in [4.78, 5) is 0. The summed E-state index contributed by atoms with van der Waals surface area (Å²) in [6.45, 7) is 8.69. The first kappa shape index (κ1) is 17.4. The Morgan fingerprint density at radius 1 is 1.28 bits per heavy atom. The lowest BCUT2D eigenvalue weighted by Gasteiger charge is -2.23. The normalized spacial score (nSPS) is 12.9. The highest BCUT2D eigenvalue weighted by molar-refractivity contribution is 8.93. The van der Waals surface area contributed by atoms with Crippen LogP contribution in [0.4, 0.5) is 0 Å². The average molecular weight is 318 g/mol. The summed E-state index contributed by atoms with van der Waals surface area (Å²) in [5.74, 6) is 0.298. The summed E-state index contributed by atoms with van der Waals surface area (Å²) in [6.07, 6.45) is 0.221. The van der Waals surface area contributed by atoms with Gasteiger partial charge in [-0.25, -0.2) is 0 Å². The Balaban J connectivity index is 0.00000289. The van der Waals surface area contributed by atoms with Gasteiger partial charge in [0.25, 0.3) is 0 Å². The second-order valence-corrected chi connectivity index (χ2v) is 5.39. The van der Waals surface area contributed by atoms with Crippen molar-refractivity contribution in [3.05, 3.63) is 29.3 Å². The molecule has 1 aromatic rings. The van der Waals surface area contributed by atoms with E-state index in [0.717, 1.165) is 17.5 Å². The molecule has 0 aliphatic rings. The molecule has 18 heavy (non-hydrogen) atoms. The van der Waals surface area contributed by atoms with Crippen molar-refractivity contribution < 1.29 is 10.2 Å². The van der Waals surface area contributed by atoms with Gasteiger partial charge in [-0.1, -0.05) is 13.0 Å². The van der Waals surface area contributed by atoms with Gasteiger partial charge in [0.15, 0.2) is 0 Å². The van der Waals surface area contributed by atoms with E-state index in [1.54, 1.807) is 12.1 Å². The number of aliphatic hydroxyl groups is 1. The molecule has 0 bridgehead atoms. The van der Waals surface area contributed by atoms with Crippen LogP contribution in [0.2, 0.25) is 0 Å². The molecule has 0 radical (unpaired) electrons. The standard InChI is InChI=1S/C14H23NO2.BrH/c1-5-10-8-11(6-7-12(10)16)13(17)9-15-14(2,3)4;/h6-8,13,15-17H,5,9H2,1-4H3;1H. The number of hydrogen-bond acceptors (Lipinski definition) is 3. The van der Waals surface area contributed by atoms with Crippen molar-refractivity contribution in [1.29, 1.82) is 0 Å². The summed E-state index contributed by atoms with van der Waals surface area (Å²) in [5, 5.41) is 22.9. The highest BCUT2D eigenvalue weighted by Gasteiger charge is 2.14. The maximum Gasteiger partial charge on any atom is 0.118 e. The minimum Gasteiger partial charge on any atom is -0.508 e. The van der Waals surface area contributed by atoms with E-state index in [2.05, 4.69) is 26.1 Å². The van der Waals surface area contributed by atoms with Crippen molar-refractivity contribution in [2.75, 3.05) is 6.54 Å². The fourth-order valence-electron chi connectivity index (χ4n) is 1.62. The summed E-state index contributed by atoms with van der Waals surface area (Å²) in [7, 11) is 0. The van der Waals surface area contributed by atoms with Crippen LogP contribution < -0.4 is 5.32 Å². The van der Waals surface area contributed by atoms with E-state index < -0.39 is 6.10 Å². The molecule has 0 fully saturated rings. The number of aliphatic hydroxyl groups excluding tert-OH is 1. The molecule has 4 heteroatoms. The van der Waals surface area contributed by atoms with Crippen molar-refractivity contribution >= 4 is 17.0 Å². The number of aryl methyl sites for hydroxylation is 1. The second-order valence-electron chi connectivity index (χ2n) is 5.39. The Hall–Kier alpha value is -0.580. The van der Waals surface area contributed by atoms with E-state index >= 15 is 0 Å². The van der Waals surface area contributed by atoms with Crippen LogP contribution in [0.1, 0.15) is 44.9 Å². The first-order valence-electron chi connectivity index (χ1n) is 6.08. The molecule has 1 rings (SSSR count). The number of nitrogens with one attached hydrogen (secondary N) is 1. The Kier molecular flexibility index (Phi) is 6.89. The van der Waals surface area contributed by atoms with Gasteiger partial charge in [0, 0.05) is 12.1 Å². The topological polar surface area (TPSA) is 52.5 Å². The molecule has 0 aliphatic carbocycles. The van der Waals surface area contributed by atoms with Gasteiger partial charge in [0.2, 0.25) is 0 Å². The van der Waals surface area contributed by atoms with Crippen molar-refractivity contribution in [2.24, 2.45) is 0 Å². The van der Waals surface area contributed by atoms with Crippen molar-refractivity contribution in [3.8, 4) is 5.75 Å². The number of β-amino-alcohol motifs (C(OH)–C–C–N with tert-alkyl or cyclic N) is 1. The minimum absolute atomic E-state index is 0. The van der Waals surface area contributed by atoms with E-state index in [1.807, 2.05) is 13.0 Å². The maximum absolute atomic E-state index is 10.1. The molecule has 1 unspecified atom stereocenters. The van der Waals surface area contributed by atoms with E-state index in [-0.39, 0.29) is 22.5 Å². The van der Waals surface area contributed by atoms with Crippen molar-refractivity contribution in [1.82, 2.24) is 5.32 Å². The third-order valence-corrected chi connectivity index (χ3v) is 2.69. The summed E-state index contributed by atoms with van der Waals surface area (Å²) >= 11 is 0. The molecule has 104 valence electrons. The van der Waals surface area contributed by atoms with Crippen LogP contribution in [0, 0.1) is 0 Å². The van der Waals surface area contributed by atoms with Gasteiger partial charge < -0.3 is 15.5 Å². The van der Waals surface area contributed by atoms with Crippen molar-refractivity contribution in [2.45, 2.75) is 45.8 Å². The zero-order valence-electron chi connectivity index (χ0n) is 11.5. The van der Waals surface area contributed by atoms with Crippen LogP contribution in [0.5, 0.6) is 5.75 Å². The van der Waals surface area contributed by atoms with Gasteiger partial charge in [-0.05, 0) is 50.5 Å². The Bertz CT molecular complexity index is 375. The number of halogens is 1. The first-order chi connectivity index (χ1) is 7.83. The first-order valence-corrected chi connectivity index (χ1v) is 6.08. The molecule has 0 aromatic heterocycles. The third kappa shape index (κ3) is 5.38. The van der Waals surface area contributed by atoms with Crippen LogP contribution >= 0.6 is 17.0 Å². The lowest BCUT2D eigenvalue weighted by molar-refractivity contribution is 0.163. The van der Waals surface area contributed by atoms with Crippen LogP contribution in [0.15, 0.2) is 18.2 Å². The number of benzene rings is 1. The second kappa shape index (κ2) is 7.12. The molecule has 0 amide bonds. The fraction of sp³-hybridized carbons (Fsp3) is 0.571. The van der Waals surface area contributed by atoms with Gasteiger partial charge in [0.1, 0.15) is 5.75 Å². The predicted octanol–water partition coefficient (Wildman–Crippen LogP) is 2.95. The lowest BCUT2D eigenvalue weighted by atomic mass is 10.0. The van der Waals surface area contributed by atoms with Crippen molar-refractivity contribution in [3.63, 3.8) is 0 Å². The molecule has 1 atom stereocenters. The fourth-order valence-corrected chi connectivity index (χ4v) is 1.62. The van der Waals surface area contributed by atoms with Crippen LogP contribution in [-0.4, -0.2) is 22.3 Å². The van der Waals surface area contributed by atoms with Crippen LogP contribution in [-0.2, 0) is 6.42 Å². The molecular weight excluding hydrogens is 294 g/mol. The molecule has 0 aliphatic heterocycles. The monoisotopic (exact) mass is 317 g/mol. The largest absolute Gasteiger partial charge is 0.508 e. The maximum atomic E-state index is 10.1. The number of aromatic hydroxyl groups is 1. The van der Waals surface area contributed by atoms with Gasteiger partial charge in [0.05, 0.1) is 6.10 Å². The number of hydrogen-bond donors (Lipinski definition) is 3. The molecular formula is C14H24BrNO2. The molecule has 1 aromatic carbocycles. The van der Waals surface area contributed by atoms with Crippen LogP contribution in [0.3, 0.4) is 0 Å². The molecule has 3 N–H and O–H groups in total. The number of rotatable bonds is 4. The zero-order chi connectivity index (χ0) is 13.1. The highest BCUT2D eigenvalue weighted by atomic mass is 79.9. The smallest absolute Gasteiger partial charge is 0.118 e. The summed E-state index contributed by atoms with van der Waals surface area (Å²) in [6, 6.07) is 5.28. The zero-order valence-corrected chi connectivity index (χ0v) is 13.2.